The number of hydrogen-bond donors (Lipinski definition) is 0. The van der Waals surface area contributed by atoms with E-state index in [-0.39, 0.29) is 49.9 Å². The average Bonchev–Trinajstić information content (AvgIpc) is 2.76. The standard InChI is InChI=1S/C21H21ClN4O4S/c22-17-6-7-19-18(12-17)21(28)25(15-23-19)13-20(27)24-8-10-26(11-9-24)31(29,30)14-16-4-2-1-3-5-16/h1-7,12,15H,8-11,13-14H2. The zero-order valence-electron chi connectivity index (χ0n) is 16.6. The van der Waals surface area contributed by atoms with E-state index in [1.54, 1.807) is 41.3 Å². The summed E-state index contributed by atoms with van der Waals surface area (Å²) < 4.78 is 28.0. The number of halogens is 1. The largest absolute Gasteiger partial charge is 0.338 e. The Morgan fingerprint density at radius 2 is 1.74 bits per heavy atom. The molecule has 1 amide bonds. The molecule has 31 heavy (non-hydrogen) atoms. The first-order valence-electron chi connectivity index (χ1n) is 9.78. The van der Waals surface area contributed by atoms with Gasteiger partial charge in [-0.15, -0.1) is 0 Å². The van der Waals surface area contributed by atoms with Gasteiger partial charge in [-0.2, -0.15) is 4.31 Å². The van der Waals surface area contributed by atoms with Crippen molar-refractivity contribution in [1.29, 1.82) is 0 Å². The van der Waals surface area contributed by atoms with Crippen molar-refractivity contribution in [1.82, 2.24) is 18.8 Å². The van der Waals surface area contributed by atoms with E-state index in [9.17, 15) is 18.0 Å². The second-order valence-electron chi connectivity index (χ2n) is 7.36. The van der Waals surface area contributed by atoms with Crippen LogP contribution >= 0.6 is 11.6 Å². The number of aromatic nitrogens is 2. The summed E-state index contributed by atoms with van der Waals surface area (Å²) in [6, 6.07) is 13.8. The summed E-state index contributed by atoms with van der Waals surface area (Å²) in [6.07, 6.45) is 1.34. The molecule has 162 valence electrons. The third-order valence-electron chi connectivity index (χ3n) is 5.27. The molecule has 0 atom stereocenters. The molecule has 3 aromatic rings. The van der Waals surface area contributed by atoms with Crippen molar-refractivity contribution in [2.75, 3.05) is 26.2 Å². The molecule has 1 saturated heterocycles. The summed E-state index contributed by atoms with van der Waals surface area (Å²) in [6.45, 7) is 0.830. The maximum atomic E-state index is 12.7. The molecule has 0 unspecified atom stereocenters. The summed E-state index contributed by atoms with van der Waals surface area (Å²) in [5.74, 6) is -0.326. The highest BCUT2D eigenvalue weighted by molar-refractivity contribution is 7.88. The van der Waals surface area contributed by atoms with Crippen LogP contribution in [0.15, 0.2) is 59.7 Å². The number of sulfonamides is 1. The van der Waals surface area contributed by atoms with E-state index < -0.39 is 10.0 Å². The van der Waals surface area contributed by atoms with Crippen molar-refractivity contribution < 1.29 is 13.2 Å². The van der Waals surface area contributed by atoms with Gasteiger partial charge < -0.3 is 4.90 Å². The minimum atomic E-state index is -3.46. The van der Waals surface area contributed by atoms with Gasteiger partial charge in [0.1, 0.15) is 6.54 Å². The Kier molecular flexibility index (Phi) is 6.08. The van der Waals surface area contributed by atoms with Crippen molar-refractivity contribution >= 4 is 38.4 Å². The van der Waals surface area contributed by atoms with E-state index in [4.69, 9.17) is 11.6 Å². The lowest BCUT2D eigenvalue weighted by Crippen LogP contribution is -2.51. The van der Waals surface area contributed by atoms with E-state index in [1.807, 2.05) is 6.07 Å². The van der Waals surface area contributed by atoms with Gasteiger partial charge in [-0.25, -0.2) is 13.4 Å². The summed E-state index contributed by atoms with van der Waals surface area (Å²) in [5.41, 5.74) is 0.893. The van der Waals surface area contributed by atoms with Crippen LogP contribution < -0.4 is 5.56 Å². The highest BCUT2D eigenvalue weighted by Crippen LogP contribution is 2.15. The molecule has 1 fully saturated rings. The number of benzene rings is 2. The zero-order chi connectivity index (χ0) is 22.0. The Morgan fingerprint density at radius 3 is 2.45 bits per heavy atom. The van der Waals surface area contributed by atoms with E-state index >= 15 is 0 Å². The maximum Gasteiger partial charge on any atom is 0.261 e. The SMILES string of the molecule is O=C(Cn1cnc2ccc(Cl)cc2c1=O)N1CCN(S(=O)(=O)Cc2ccccc2)CC1. The van der Waals surface area contributed by atoms with Gasteiger partial charge in [0.2, 0.25) is 15.9 Å². The number of carbonyl (C=O) groups is 1. The molecule has 0 aliphatic carbocycles. The molecule has 2 heterocycles. The van der Waals surface area contributed by atoms with Crippen LogP contribution in [0.25, 0.3) is 10.9 Å². The third-order valence-corrected chi connectivity index (χ3v) is 7.35. The van der Waals surface area contributed by atoms with Gasteiger partial charge >= 0.3 is 0 Å². The molecule has 0 spiro atoms. The Balaban J connectivity index is 1.40. The molecule has 8 nitrogen and oxygen atoms in total. The van der Waals surface area contributed by atoms with Crippen LogP contribution in [0.5, 0.6) is 0 Å². The van der Waals surface area contributed by atoms with Crippen LogP contribution in [-0.2, 0) is 27.1 Å². The summed E-state index contributed by atoms with van der Waals surface area (Å²) >= 11 is 5.97. The molecular formula is C21H21ClN4O4S. The molecule has 1 aliphatic heterocycles. The molecule has 0 bridgehead atoms. The number of carbonyl (C=O) groups excluding carboxylic acids is 1. The minimum absolute atomic E-state index is 0.0670. The number of fused-ring (bicyclic) bond motifs is 1. The monoisotopic (exact) mass is 460 g/mol. The van der Waals surface area contributed by atoms with Crippen molar-refractivity contribution in [3.05, 3.63) is 75.8 Å². The third kappa shape index (κ3) is 4.79. The fraction of sp³-hybridized carbons (Fsp3) is 0.286. The molecular weight excluding hydrogens is 440 g/mol. The van der Waals surface area contributed by atoms with Crippen molar-refractivity contribution in [2.24, 2.45) is 0 Å². The van der Waals surface area contributed by atoms with Gasteiger partial charge in [-0.05, 0) is 23.8 Å². The van der Waals surface area contributed by atoms with Crippen molar-refractivity contribution in [3.8, 4) is 0 Å². The van der Waals surface area contributed by atoms with Gasteiger partial charge in [0.15, 0.2) is 0 Å². The topological polar surface area (TPSA) is 92.6 Å². The number of piperazine rings is 1. The number of amides is 1. The zero-order valence-corrected chi connectivity index (χ0v) is 18.2. The molecule has 1 aromatic heterocycles. The molecule has 0 radical (unpaired) electrons. The second kappa shape index (κ2) is 8.78. The Morgan fingerprint density at radius 1 is 1.03 bits per heavy atom. The fourth-order valence-corrected chi connectivity index (χ4v) is 5.27. The van der Waals surface area contributed by atoms with E-state index in [1.165, 1.54) is 21.3 Å². The first-order chi connectivity index (χ1) is 14.8. The van der Waals surface area contributed by atoms with Gasteiger partial charge in [0, 0.05) is 31.2 Å². The van der Waals surface area contributed by atoms with Gasteiger partial charge in [0.25, 0.3) is 5.56 Å². The lowest BCUT2D eigenvalue weighted by Gasteiger charge is -2.34. The molecule has 2 aromatic carbocycles. The van der Waals surface area contributed by atoms with Crippen LogP contribution in [0, 0.1) is 0 Å². The molecule has 10 heteroatoms. The number of nitrogens with zero attached hydrogens (tertiary/aromatic N) is 4. The van der Waals surface area contributed by atoms with Crippen molar-refractivity contribution in [3.63, 3.8) is 0 Å². The maximum absolute atomic E-state index is 12.7. The van der Waals surface area contributed by atoms with E-state index in [0.717, 1.165) is 5.56 Å². The molecule has 1 aliphatic rings. The summed E-state index contributed by atoms with van der Waals surface area (Å²) in [5, 5.41) is 0.767. The fourth-order valence-electron chi connectivity index (χ4n) is 3.58. The highest BCUT2D eigenvalue weighted by Gasteiger charge is 2.29. The predicted molar refractivity (Wildman–Crippen MR) is 118 cm³/mol. The molecule has 4 rings (SSSR count). The smallest absolute Gasteiger partial charge is 0.261 e. The van der Waals surface area contributed by atoms with Gasteiger partial charge in [-0.3, -0.25) is 14.2 Å². The first kappa shape index (κ1) is 21.5. The minimum Gasteiger partial charge on any atom is -0.338 e. The van der Waals surface area contributed by atoms with Crippen LogP contribution in [-0.4, -0.2) is 59.3 Å². The first-order valence-corrected chi connectivity index (χ1v) is 11.8. The highest BCUT2D eigenvalue weighted by atomic mass is 35.5. The molecule has 0 saturated carbocycles. The number of rotatable bonds is 5. The van der Waals surface area contributed by atoms with Gasteiger partial charge in [-0.1, -0.05) is 41.9 Å². The van der Waals surface area contributed by atoms with Crippen LogP contribution in [0.1, 0.15) is 5.56 Å². The predicted octanol–water partition coefficient (Wildman–Crippen LogP) is 1.72. The van der Waals surface area contributed by atoms with Gasteiger partial charge in [0.05, 0.1) is 23.0 Å². The molecule has 0 N–H and O–H groups in total. The van der Waals surface area contributed by atoms with Crippen molar-refractivity contribution in [2.45, 2.75) is 12.3 Å². The quantitative estimate of drug-likeness (QED) is 0.578. The Bertz CT molecular complexity index is 1270. The Labute approximate surface area is 184 Å². The lowest BCUT2D eigenvalue weighted by molar-refractivity contribution is -0.133. The number of hydrogen-bond acceptors (Lipinski definition) is 5. The van der Waals surface area contributed by atoms with Crippen LogP contribution in [0.2, 0.25) is 5.02 Å². The summed E-state index contributed by atoms with van der Waals surface area (Å²) in [7, 11) is -3.46. The summed E-state index contributed by atoms with van der Waals surface area (Å²) in [4.78, 5) is 31.2. The van der Waals surface area contributed by atoms with E-state index in [2.05, 4.69) is 4.98 Å². The van der Waals surface area contributed by atoms with Crippen LogP contribution in [0.4, 0.5) is 0 Å². The lowest BCUT2D eigenvalue weighted by atomic mass is 10.2. The van der Waals surface area contributed by atoms with E-state index in [0.29, 0.717) is 15.9 Å². The normalized spacial score (nSPS) is 15.3. The Hall–Kier alpha value is -2.75. The second-order valence-corrected chi connectivity index (χ2v) is 9.77. The average molecular weight is 461 g/mol. The van der Waals surface area contributed by atoms with Crippen LogP contribution in [0.3, 0.4) is 0 Å².